The van der Waals surface area contributed by atoms with Crippen LogP contribution >= 0.6 is 0 Å². The van der Waals surface area contributed by atoms with Crippen molar-refractivity contribution in [2.75, 3.05) is 0 Å². The first-order chi connectivity index (χ1) is 9.04. The number of hydrogen-bond donors (Lipinski definition) is 1. The van der Waals surface area contributed by atoms with Crippen LogP contribution in [0.2, 0.25) is 0 Å². The molecular weight excluding hydrogens is 242 g/mol. The zero-order valence-electron chi connectivity index (χ0n) is 11.3. The maximum Gasteiger partial charge on any atom is 0.230 e. The molecule has 1 aromatic carbocycles. The standard InChI is InChI=1S/C15H19NO3/c1-10(2)19-13-6-3-11(4-7-13)9-12-5-8-14(17)16-15(12)18/h3-4,6-7,10,12H,5,8-9H2,1-2H3,(H,16,17,18). The summed E-state index contributed by atoms with van der Waals surface area (Å²) in [5.74, 6) is 0.414. The second-order valence-electron chi connectivity index (χ2n) is 5.16. The molecule has 4 heteroatoms. The minimum absolute atomic E-state index is 0.102. The summed E-state index contributed by atoms with van der Waals surface area (Å²) in [7, 11) is 0. The molecule has 0 spiro atoms. The molecule has 19 heavy (non-hydrogen) atoms. The fourth-order valence-electron chi connectivity index (χ4n) is 2.19. The second-order valence-corrected chi connectivity index (χ2v) is 5.16. The van der Waals surface area contributed by atoms with E-state index in [1.807, 2.05) is 38.1 Å². The topological polar surface area (TPSA) is 55.4 Å². The molecule has 1 saturated heterocycles. The molecule has 1 aliphatic heterocycles. The van der Waals surface area contributed by atoms with Gasteiger partial charge in [0.05, 0.1) is 6.10 Å². The van der Waals surface area contributed by atoms with E-state index in [0.717, 1.165) is 11.3 Å². The summed E-state index contributed by atoms with van der Waals surface area (Å²) in [6, 6.07) is 7.78. The van der Waals surface area contributed by atoms with E-state index in [0.29, 0.717) is 19.3 Å². The summed E-state index contributed by atoms with van der Waals surface area (Å²) >= 11 is 0. The zero-order chi connectivity index (χ0) is 13.8. The average Bonchev–Trinajstić information content (AvgIpc) is 2.34. The van der Waals surface area contributed by atoms with Crippen LogP contribution in [-0.2, 0) is 16.0 Å². The van der Waals surface area contributed by atoms with E-state index >= 15 is 0 Å². The Hall–Kier alpha value is -1.84. The van der Waals surface area contributed by atoms with Crippen LogP contribution in [0.5, 0.6) is 5.75 Å². The monoisotopic (exact) mass is 261 g/mol. The van der Waals surface area contributed by atoms with Gasteiger partial charge in [0.1, 0.15) is 5.75 Å². The molecule has 0 saturated carbocycles. The van der Waals surface area contributed by atoms with Crippen LogP contribution in [-0.4, -0.2) is 17.9 Å². The first-order valence-electron chi connectivity index (χ1n) is 6.64. The van der Waals surface area contributed by atoms with Crippen LogP contribution in [0.3, 0.4) is 0 Å². The Bertz CT molecular complexity index is 465. The highest BCUT2D eigenvalue weighted by atomic mass is 16.5. The molecule has 1 N–H and O–H groups in total. The van der Waals surface area contributed by atoms with Gasteiger partial charge < -0.3 is 4.74 Å². The van der Waals surface area contributed by atoms with Crippen LogP contribution < -0.4 is 10.1 Å². The van der Waals surface area contributed by atoms with E-state index in [1.54, 1.807) is 0 Å². The number of rotatable bonds is 4. The third kappa shape index (κ3) is 3.81. The maximum atomic E-state index is 11.7. The Morgan fingerprint density at radius 1 is 1.26 bits per heavy atom. The van der Waals surface area contributed by atoms with Crippen LogP contribution in [0.1, 0.15) is 32.3 Å². The van der Waals surface area contributed by atoms with Crippen molar-refractivity contribution in [3.63, 3.8) is 0 Å². The fraction of sp³-hybridized carbons (Fsp3) is 0.467. The minimum atomic E-state index is -0.165. The molecule has 1 unspecified atom stereocenters. The van der Waals surface area contributed by atoms with Crippen molar-refractivity contribution < 1.29 is 14.3 Å². The number of carbonyl (C=O) groups is 2. The lowest BCUT2D eigenvalue weighted by molar-refractivity contribution is -0.136. The smallest absolute Gasteiger partial charge is 0.230 e. The van der Waals surface area contributed by atoms with E-state index in [9.17, 15) is 9.59 Å². The summed E-state index contributed by atoms with van der Waals surface area (Å²) < 4.78 is 5.57. The first kappa shape index (κ1) is 13.6. The summed E-state index contributed by atoms with van der Waals surface area (Å²) in [6.45, 7) is 3.97. The first-order valence-corrected chi connectivity index (χ1v) is 6.64. The Balaban J connectivity index is 1.96. The molecule has 0 bridgehead atoms. The Morgan fingerprint density at radius 2 is 1.95 bits per heavy atom. The molecule has 1 heterocycles. The molecule has 1 aliphatic rings. The highest BCUT2D eigenvalue weighted by Crippen LogP contribution is 2.20. The molecule has 1 aromatic rings. The van der Waals surface area contributed by atoms with Gasteiger partial charge in [-0.2, -0.15) is 0 Å². The minimum Gasteiger partial charge on any atom is -0.491 e. The highest BCUT2D eigenvalue weighted by molar-refractivity contribution is 5.98. The van der Waals surface area contributed by atoms with Crippen molar-refractivity contribution in [1.82, 2.24) is 5.32 Å². The van der Waals surface area contributed by atoms with Crippen molar-refractivity contribution in [3.8, 4) is 5.75 Å². The third-order valence-electron chi connectivity index (χ3n) is 3.13. The van der Waals surface area contributed by atoms with Crippen LogP contribution in [0.25, 0.3) is 0 Å². The quantitative estimate of drug-likeness (QED) is 0.844. The molecule has 1 fully saturated rings. The Labute approximate surface area is 113 Å². The van der Waals surface area contributed by atoms with E-state index in [4.69, 9.17) is 4.74 Å². The van der Waals surface area contributed by atoms with Crippen molar-refractivity contribution in [1.29, 1.82) is 0 Å². The van der Waals surface area contributed by atoms with Gasteiger partial charge in [-0.1, -0.05) is 12.1 Å². The second kappa shape index (κ2) is 5.87. The highest BCUT2D eigenvalue weighted by Gasteiger charge is 2.26. The van der Waals surface area contributed by atoms with Gasteiger partial charge in [0.15, 0.2) is 0 Å². The van der Waals surface area contributed by atoms with E-state index < -0.39 is 0 Å². The van der Waals surface area contributed by atoms with Gasteiger partial charge in [0, 0.05) is 12.3 Å². The van der Waals surface area contributed by atoms with Gasteiger partial charge in [0.25, 0.3) is 0 Å². The van der Waals surface area contributed by atoms with E-state index in [1.165, 1.54) is 0 Å². The van der Waals surface area contributed by atoms with Crippen LogP contribution in [0.4, 0.5) is 0 Å². The number of benzene rings is 1. The molecule has 2 rings (SSSR count). The third-order valence-corrected chi connectivity index (χ3v) is 3.13. The summed E-state index contributed by atoms with van der Waals surface area (Å²) in [4.78, 5) is 22.7. The lowest BCUT2D eigenvalue weighted by Crippen LogP contribution is -2.41. The fourth-order valence-corrected chi connectivity index (χ4v) is 2.19. The summed E-state index contributed by atoms with van der Waals surface area (Å²) in [5.41, 5.74) is 1.09. The number of carbonyl (C=O) groups excluding carboxylic acids is 2. The normalized spacial score (nSPS) is 19.4. The summed E-state index contributed by atoms with van der Waals surface area (Å²) in [5, 5.41) is 2.38. The largest absolute Gasteiger partial charge is 0.491 e. The van der Waals surface area contributed by atoms with Crippen molar-refractivity contribution in [2.24, 2.45) is 5.92 Å². The lowest BCUT2D eigenvalue weighted by atomic mass is 9.91. The number of nitrogens with one attached hydrogen (secondary N) is 1. The van der Waals surface area contributed by atoms with Crippen molar-refractivity contribution >= 4 is 11.8 Å². The molecule has 0 aliphatic carbocycles. The molecular formula is C15H19NO3. The predicted octanol–water partition coefficient (Wildman–Crippen LogP) is 2.07. The van der Waals surface area contributed by atoms with Crippen LogP contribution in [0, 0.1) is 5.92 Å². The number of hydrogen-bond acceptors (Lipinski definition) is 3. The maximum absolute atomic E-state index is 11.7. The predicted molar refractivity (Wildman–Crippen MR) is 71.8 cm³/mol. The van der Waals surface area contributed by atoms with Gasteiger partial charge in [-0.3, -0.25) is 14.9 Å². The zero-order valence-corrected chi connectivity index (χ0v) is 11.3. The lowest BCUT2D eigenvalue weighted by Gasteiger charge is -2.20. The van der Waals surface area contributed by atoms with E-state index in [2.05, 4.69) is 5.32 Å². The van der Waals surface area contributed by atoms with Crippen LogP contribution in [0.15, 0.2) is 24.3 Å². The average molecular weight is 261 g/mol. The number of imide groups is 1. The number of piperidine rings is 1. The van der Waals surface area contributed by atoms with Gasteiger partial charge >= 0.3 is 0 Å². The molecule has 102 valence electrons. The number of amides is 2. The van der Waals surface area contributed by atoms with Gasteiger partial charge in [-0.25, -0.2) is 0 Å². The Kier molecular flexibility index (Phi) is 4.20. The molecule has 0 aromatic heterocycles. The molecule has 4 nitrogen and oxygen atoms in total. The molecule has 2 amide bonds. The van der Waals surface area contributed by atoms with Crippen molar-refractivity contribution in [2.45, 2.75) is 39.2 Å². The van der Waals surface area contributed by atoms with Gasteiger partial charge in [0.2, 0.25) is 11.8 Å². The van der Waals surface area contributed by atoms with E-state index in [-0.39, 0.29) is 23.8 Å². The molecule has 1 atom stereocenters. The summed E-state index contributed by atoms with van der Waals surface area (Å²) in [6.07, 6.45) is 1.89. The van der Waals surface area contributed by atoms with Gasteiger partial charge in [-0.05, 0) is 44.4 Å². The SMILES string of the molecule is CC(C)Oc1ccc(CC2CCC(=O)NC2=O)cc1. The van der Waals surface area contributed by atoms with Gasteiger partial charge in [-0.15, -0.1) is 0 Å². The Morgan fingerprint density at radius 3 is 2.53 bits per heavy atom. The van der Waals surface area contributed by atoms with Crippen molar-refractivity contribution in [3.05, 3.63) is 29.8 Å². The molecule has 0 radical (unpaired) electrons. The number of ether oxygens (including phenoxy) is 1.